The van der Waals surface area contributed by atoms with Crippen molar-refractivity contribution in [2.24, 2.45) is 0 Å². The minimum Gasteiger partial charge on any atom is -0.462 e. The minimum atomic E-state index is -0.786. The molecule has 0 spiro atoms. The number of hydrogen-bond donors (Lipinski definition) is 0. The lowest BCUT2D eigenvalue weighted by molar-refractivity contribution is -0.167. The monoisotopic (exact) mass is 1140 g/mol. The molecule has 0 aliphatic heterocycles. The van der Waals surface area contributed by atoms with Gasteiger partial charge in [0.2, 0.25) is 0 Å². The fourth-order valence-electron chi connectivity index (χ4n) is 10.1. The van der Waals surface area contributed by atoms with E-state index in [9.17, 15) is 14.4 Å². The molecule has 0 aromatic rings. The maximum atomic E-state index is 13.0. The smallest absolute Gasteiger partial charge is 0.306 e. The lowest BCUT2D eigenvalue weighted by Gasteiger charge is -2.18. The summed E-state index contributed by atoms with van der Waals surface area (Å²) in [6, 6.07) is 0. The summed E-state index contributed by atoms with van der Waals surface area (Å²) in [5.74, 6) is -0.875. The van der Waals surface area contributed by atoms with E-state index in [2.05, 4.69) is 118 Å². The number of hydrogen-bond acceptors (Lipinski definition) is 6. The van der Waals surface area contributed by atoms with Gasteiger partial charge in [-0.2, -0.15) is 0 Å². The van der Waals surface area contributed by atoms with Gasteiger partial charge in [0.15, 0.2) is 6.10 Å². The quantitative estimate of drug-likeness (QED) is 0.0261. The molecule has 0 bridgehead atoms. The molecule has 0 heterocycles. The molecule has 1 atom stereocenters. The van der Waals surface area contributed by atoms with Crippen molar-refractivity contribution in [1.82, 2.24) is 0 Å². The standard InChI is InChI=1S/C76H132O6/c1-4-7-10-13-16-19-22-25-28-31-34-35-36-37-38-39-40-41-43-45-48-51-54-57-60-63-66-69-75(78)81-72-73(71-80-74(77)68-65-62-59-56-53-50-47-44-33-30-27-24-21-18-15-12-9-6-3)82-76(79)70-67-64-61-58-55-52-49-46-42-32-29-26-23-20-17-14-11-8-5-2/h7-8,10-11,16-17,19-20,25-26,28-29,34-35,42,46,73H,4-6,9,12-15,18,21-24,27,30-33,36-41,43-45,47-72H2,1-3H3/b10-7-,11-8-,19-16-,20-17-,28-25-,29-26-,35-34-,46-42-. The summed E-state index contributed by atoms with van der Waals surface area (Å²) in [6.07, 6.45) is 94.3. The third-order valence-electron chi connectivity index (χ3n) is 15.3. The van der Waals surface area contributed by atoms with E-state index < -0.39 is 6.10 Å². The van der Waals surface area contributed by atoms with Crippen molar-refractivity contribution >= 4 is 17.9 Å². The van der Waals surface area contributed by atoms with Gasteiger partial charge < -0.3 is 14.2 Å². The highest BCUT2D eigenvalue weighted by atomic mass is 16.6. The van der Waals surface area contributed by atoms with E-state index in [-0.39, 0.29) is 31.1 Å². The molecule has 6 nitrogen and oxygen atoms in total. The predicted molar refractivity (Wildman–Crippen MR) is 357 cm³/mol. The van der Waals surface area contributed by atoms with Gasteiger partial charge in [0.25, 0.3) is 0 Å². The average Bonchev–Trinajstić information content (AvgIpc) is 3.47. The van der Waals surface area contributed by atoms with Crippen molar-refractivity contribution in [1.29, 1.82) is 0 Å². The normalized spacial score (nSPS) is 12.7. The summed E-state index contributed by atoms with van der Waals surface area (Å²) < 4.78 is 17.0. The van der Waals surface area contributed by atoms with E-state index in [1.807, 2.05) is 0 Å². The van der Waals surface area contributed by atoms with Gasteiger partial charge in [0.05, 0.1) is 0 Å². The highest BCUT2D eigenvalue weighted by molar-refractivity contribution is 5.71. The number of unbranched alkanes of at least 4 members (excludes halogenated alkanes) is 37. The van der Waals surface area contributed by atoms with Crippen molar-refractivity contribution in [3.63, 3.8) is 0 Å². The van der Waals surface area contributed by atoms with E-state index in [0.717, 1.165) is 122 Å². The second-order valence-electron chi connectivity index (χ2n) is 23.4. The van der Waals surface area contributed by atoms with Crippen LogP contribution < -0.4 is 0 Å². The van der Waals surface area contributed by atoms with E-state index in [4.69, 9.17) is 14.2 Å². The van der Waals surface area contributed by atoms with Crippen LogP contribution in [0.1, 0.15) is 348 Å². The first kappa shape index (κ1) is 78.3. The van der Waals surface area contributed by atoms with Gasteiger partial charge in [-0.1, -0.05) is 330 Å². The van der Waals surface area contributed by atoms with Crippen LogP contribution in [-0.4, -0.2) is 37.2 Å². The number of allylic oxidation sites excluding steroid dienone is 16. The molecule has 0 aliphatic rings. The average molecular weight is 1140 g/mol. The van der Waals surface area contributed by atoms with Gasteiger partial charge in [-0.05, 0) is 96.3 Å². The number of rotatable bonds is 64. The second kappa shape index (κ2) is 69.8. The molecular formula is C76H132O6. The molecule has 82 heavy (non-hydrogen) atoms. The fraction of sp³-hybridized carbons (Fsp3) is 0.750. The molecule has 0 fully saturated rings. The van der Waals surface area contributed by atoms with Crippen LogP contribution in [0, 0.1) is 0 Å². The minimum absolute atomic E-state index is 0.0794. The lowest BCUT2D eigenvalue weighted by atomic mass is 10.0. The van der Waals surface area contributed by atoms with Crippen LogP contribution in [0.5, 0.6) is 0 Å². The molecular weight excluding hydrogens is 1010 g/mol. The Morgan fingerprint density at radius 1 is 0.256 bits per heavy atom. The van der Waals surface area contributed by atoms with Crippen molar-refractivity contribution in [3.05, 3.63) is 97.2 Å². The number of esters is 3. The Morgan fingerprint density at radius 3 is 0.744 bits per heavy atom. The van der Waals surface area contributed by atoms with E-state index in [1.165, 1.54) is 186 Å². The molecule has 0 amide bonds. The first-order chi connectivity index (χ1) is 40.5. The fourth-order valence-corrected chi connectivity index (χ4v) is 10.1. The van der Waals surface area contributed by atoms with Crippen molar-refractivity contribution < 1.29 is 28.6 Å². The van der Waals surface area contributed by atoms with Crippen molar-refractivity contribution in [2.75, 3.05) is 13.2 Å². The largest absolute Gasteiger partial charge is 0.462 e. The molecule has 0 aromatic carbocycles. The van der Waals surface area contributed by atoms with Crippen LogP contribution >= 0.6 is 0 Å². The molecule has 0 radical (unpaired) electrons. The van der Waals surface area contributed by atoms with Crippen LogP contribution in [-0.2, 0) is 28.6 Å². The summed E-state index contributed by atoms with van der Waals surface area (Å²) in [4.78, 5) is 38.5. The van der Waals surface area contributed by atoms with Gasteiger partial charge >= 0.3 is 17.9 Å². The van der Waals surface area contributed by atoms with Crippen LogP contribution in [0.4, 0.5) is 0 Å². The number of carbonyl (C=O) groups is 3. The molecule has 0 N–H and O–H groups in total. The topological polar surface area (TPSA) is 78.9 Å². The SMILES string of the molecule is CC/C=C\C/C=C\C/C=C\C/C=C\CCCCCCCCCCCCCCCCC(=O)OCC(COC(=O)CCCCCCCCCCCCCCCCCCCC)OC(=O)CCCCCCCC/C=C\C/C=C\C/C=C\C/C=C\CC. The molecule has 0 aliphatic carbocycles. The summed E-state index contributed by atoms with van der Waals surface area (Å²) >= 11 is 0. The predicted octanol–water partition coefficient (Wildman–Crippen LogP) is 24.4. The van der Waals surface area contributed by atoms with Gasteiger partial charge in [0, 0.05) is 19.3 Å². The maximum Gasteiger partial charge on any atom is 0.306 e. The molecule has 0 rings (SSSR count). The van der Waals surface area contributed by atoms with E-state index >= 15 is 0 Å². The van der Waals surface area contributed by atoms with E-state index in [0.29, 0.717) is 19.3 Å². The third kappa shape index (κ3) is 67.1. The Morgan fingerprint density at radius 2 is 0.476 bits per heavy atom. The highest BCUT2D eigenvalue weighted by Crippen LogP contribution is 2.18. The summed E-state index contributed by atoms with van der Waals surface area (Å²) in [5.41, 5.74) is 0. The van der Waals surface area contributed by atoms with Crippen LogP contribution in [0.15, 0.2) is 97.2 Å². The van der Waals surface area contributed by atoms with Gasteiger partial charge in [0.1, 0.15) is 13.2 Å². The highest BCUT2D eigenvalue weighted by Gasteiger charge is 2.19. The van der Waals surface area contributed by atoms with Gasteiger partial charge in [-0.3, -0.25) is 14.4 Å². The zero-order chi connectivity index (χ0) is 59.2. The summed E-state index contributed by atoms with van der Waals surface area (Å²) in [7, 11) is 0. The maximum absolute atomic E-state index is 13.0. The van der Waals surface area contributed by atoms with Crippen LogP contribution in [0.25, 0.3) is 0 Å². The van der Waals surface area contributed by atoms with Crippen molar-refractivity contribution in [2.45, 2.75) is 354 Å². The molecule has 1 unspecified atom stereocenters. The van der Waals surface area contributed by atoms with Gasteiger partial charge in [-0.25, -0.2) is 0 Å². The second-order valence-corrected chi connectivity index (χ2v) is 23.4. The lowest BCUT2D eigenvalue weighted by Crippen LogP contribution is -2.30. The van der Waals surface area contributed by atoms with Gasteiger partial charge in [-0.15, -0.1) is 0 Å². The molecule has 0 saturated heterocycles. The Balaban J connectivity index is 4.33. The first-order valence-electron chi connectivity index (χ1n) is 35.2. The zero-order valence-electron chi connectivity index (χ0n) is 54.2. The Bertz CT molecular complexity index is 1590. The van der Waals surface area contributed by atoms with Crippen LogP contribution in [0.3, 0.4) is 0 Å². The van der Waals surface area contributed by atoms with Crippen LogP contribution in [0.2, 0.25) is 0 Å². The zero-order valence-corrected chi connectivity index (χ0v) is 54.2. The van der Waals surface area contributed by atoms with E-state index in [1.54, 1.807) is 0 Å². The number of carbonyl (C=O) groups excluding carboxylic acids is 3. The first-order valence-corrected chi connectivity index (χ1v) is 35.2. The Labute approximate surface area is 508 Å². The molecule has 472 valence electrons. The number of ether oxygens (including phenoxy) is 3. The molecule has 0 saturated carbocycles. The molecule has 0 aromatic heterocycles. The summed E-state index contributed by atoms with van der Waals surface area (Å²) in [6.45, 7) is 6.46. The Hall–Kier alpha value is -3.67. The van der Waals surface area contributed by atoms with Crippen molar-refractivity contribution in [3.8, 4) is 0 Å². The molecule has 6 heteroatoms. The third-order valence-corrected chi connectivity index (χ3v) is 15.3. The summed E-state index contributed by atoms with van der Waals surface area (Å²) in [5, 5.41) is 0. The Kier molecular flexibility index (Phi) is 66.7.